The maximum atomic E-state index is 9.14. The highest BCUT2D eigenvalue weighted by atomic mass is 15.2. The fourth-order valence-electron chi connectivity index (χ4n) is 3.93. The highest BCUT2D eigenvalue weighted by Crippen LogP contribution is 2.34. The van der Waals surface area contributed by atoms with Gasteiger partial charge in [0, 0.05) is 17.3 Å². The number of aromatic amines is 2. The molecular weight excluding hydrogens is 336 g/mol. The van der Waals surface area contributed by atoms with Crippen molar-refractivity contribution in [2.24, 2.45) is 0 Å². The van der Waals surface area contributed by atoms with E-state index in [-0.39, 0.29) is 6.04 Å². The van der Waals surface area contributed by atoms with Crippen molar-refractivity contribution in [3.8, 4) is 17.5 Å². The fraction of sp³-hybridized carbons (Fsp3) is 0.190. The lowest BCUT2D eigenvalue weighted by molar-refractivity contribution is 0.600. The quantitative estimate of drug-likeness (QED) is 0.511. The molecule has 27 heavy (non-hydrogen) atoms. The Balaban J connectivity index is 1.49. The third kappa shape index (κ3) is 2.74. The molecule has 0 aliphatic heterocycles. The minimum absolute atomic E-state index is 0.251. The van der Waals surface area contributed by atoms with E-state index in [0.29, 0.717) is 0 Å². The second-order valence-corrected chi connectivity index (χ2v) is 6.92. The number of aromatic nitrogens is 4. The Kier molecular flexibility index (Phi) is 3.65. The van der Waals surface area contributed by atoms with Gasteiger partial charge in [-0.15, -0.1) is 0 Å². The molecule has 0 saturated heterocycles. The second-order valence-electron chi connectivity index (χ2n) is 6.92. The average molecular weight is 354 g/mol. The lowest BCUT2D eigenvalue weighted by Gasteiger charge is -2.27. The van der Waals surface area contributed by atoms with Crippen molar-refractivity contribution in [2.45, 2.75) is 25.3 Å². The Morgan fingerprint density at radius 1 is 1.11 bits per heavy atom. The third-order valence-corrected chi connectivity index (χ3v) is 5.25. The van der Waals surface area contributed by atoms with Crippen LogP contribution in [0, 0.1) is 11.3 Å². The van der Waals surface area contributed by atoms with Crippen molar-refractivity contribution >= 4 is 16.6 Å². The Bertz CT molecular complexity index is 1150. The van der Waals surface area contributed by atoms with Gasteiger partial charge in [-0.25, -0.2) is 0 Å². The molecule has 0 bridgehead atoms. The number of H-pyrrole nitrogens is 2. The smallest absolute Gasteiger partial charge is 0.118 e. The summed E-state index contributed by atoms with van der Waals surface area (Å²) in [6, 6.07) is 16.7. The topological polar surface area (TPSA) is 93.2 Å². The average Bonchev–Trinajstić information content (AvgIpc) is 3.37. The van der Waals surface area contributed by atoms with Crippen LogP contribution >= 0.6 is 0 Å². The van der Waals surface area contributed by atoms with Crippen molar-refractivity contribution in [3.05, 3.63) is 65.4 Å². The van der Waals surface area contributed by atoms with Crippen LogP contribution in [-0.2, 0) is 6.42 Å². The predicted molar refractivity (Wildman–Crippen MR) is 104 cm³/mol. The lowest BCUT2D eigenvalue weighted by Crippen LogP contribution is -2.17. The number of benzene rings is 2. The predicted octanol–water partition coefficient (Wildman–Crippen LogP) is 4.31. The van der Waals surface area contributed by atoms with Crippen LogP contribution < -0.4 is 5.32 Å². The van der Waals surface area contributed by atoms with Crippen LogP contribution in [0.15, 0.2) is 48.7 Å². The summed E-state index contributed by atoms with van der Waals surface area (Å²) in [7, 11) is 0. The molecule has 5 rings (SSSR count). The van der Waals surface area contributed by atoms with Crippen molar-refractivity contribution in [2.75, 3.05) is 5.32 Å². The molecule has 0 amide bonds. The Hall–Kier alpha value is -3.59. The minimum atomic E-state index is 0.251. The summed E-state index contributed by atoms with van der Waals surface area (Å²) in [5, 5.41) is 28.4. The number of nitriles is 1. The van der Waals surface area contributed by atoms with Crippen LogP contribution in [-0.4, -0.2) is 20.4 Å². The number of aryl methyl sites for hydroxylation is 1. The number of rotatable bonds is 3. The summed E-state index contributed by atoms with van der Waals surface area (Å²) in [6.07, 6.45) is 4.96. The van der Waals surface area contributed by atoms with E-state index >= 15 is 0 Å². The molecule has 0 unspecified atom stereocenters. The Labute approximate surface area is 156 Å². The normalized spacial score (nSPS) is 16.0. The van der Waals surface area contributed by atoms with Crippen LogP contribution in [0.4, 0.5) is 5.69 Å². The molecule has 4 aromatic rings. The number of fused-ring (bicyclic) bond motifs is 2. The first-order valence-corrected chi connectivity index (χ1v) is 9.09. The molecule has 0 spiro atoms. The molecular formula is C21H18N6. The molecule has 1 aliphatic carbocycles. The number of nitrogens with one attached hydrogen (secondary N) is 3. The molecule has 6 heteroatoms. The van der Waals surface area contributed by atoms with E-state index in [1.807, 2.05) is 24.3 Å². The van der Waals surface area contributed by atoms with Gasteiger partial charge in [0.15, 0.2) is 0 Å². The first kappa shape index (κ1) is 15.6. The van der Waals surface area contributed by atoms with Crippen molar-refractivity contribution < 1.29 is 0 Å². The molecule has 0 saturated carbocycles. The lowest BCUT2D eigenvalue weighted by atomic mass is 9.86. The summed E-state index contributed by atoms with van der Waals surface area (Å²) >= 11 is 0. The van der Waals surface area contributed by atoms with Gasteiger partial charge in [-0.3, -0.25) is 10.2 Å². The SMILES string of the molecule is N#Cc1ccc2c(c1)CCC[C@@H]2Nc1ccc2[nH]nc(-c3ccn[nH]3)c2c1. The molecule has 2 heterocycles. The van der Waals surface area contributed by atoms with Gasteiger partial charge in [-0.1, -0.05) is 6.07 Å². The van der Waals surface area contributed by atoms with E-state index in [1.54, 1.807) is 6.20 Å². The van der Waals surface area contributed by atoms with Crippen LogP contribution in [0.25, 0.3) is 22.3 Å². The van der Waals surface area contributed by atoms with Crippen LogP contribution in [0.3, 0.4) is 0 Å². The van der Waals surface area contributed by atoms with E-state index in [9.17, 15) is 0 Å². The van der Waals surface area contributed by atoms with Crippen molar-refractivity contribution in [3.63, 3.8) is 0 Å². The molecule has 132 valence electrons. The maximum absolute atomic E-state index is 9.14. The Morgan fingerprint density at radius 2 is 2.07 bits per heavy atom. The Morgan fingerprint density at radius 3 is 2.93 bits per heavy atom. The standard InChI is InChI=1S/C21H18N6/c22-12-13-4-6-16-14(10-13)2-1-3-18(16)24-15-5-7-19-17(11-15)21(27-26-19)20-8-9-23-25-20/h4-11,18,24H,1-3H2,(H,23,25)(H,26,27)/t18-/m0/s1. The van der Waals surface area contributed by atoms with E-state index < -0.39 is 0 Å². The van der Waals surface area contributed by atoms with Gasteiger partial charge in [0.2, 0.25) is 0 Å². The zero-order chi connectivity index (χ0) is 18.2. The second kappa shape index (κ2) is 6.29. The van der Waals surface area contributed by atoms with Crippen molar-refractivity contribution in [1.29, 1.82) is 5.26 Å². The van der Waals surface area contributed by atoms with Gasteiger partial charge in [-0.05, 0) is 66.8 Å². The number of anilines is 1. The summed E-state index contributed by atoms with van der Waals surface area (Å²) in [5.41, 5.74) is 7.12. The summed E-state index contributed by atoms with van der Waals surface area (Å²) in [5.74, 6) is 0. The molecule has 1 aliphatic rings. The van der Waals surface area contributed by atoms with Gasteiger partial charge in [-0.2, -0.15) is 15.5 Å². The van der Waals surface area contributed by atoms with Gasteiger partial charge >= 0.3 is 0 Å². The number of hydrogen-bond donors (Lipinski definition) is 3. The largest absolute Gasteiger partial charge is 0.378 e. The molecule has 2 aromatic carbocycles. The van der Waals surface area contributed by atoms with Crippen LogP contribution in [0.1, 0.15) is 35.6 Å². The summed E-state index contributed by atoms with van der Waals surface area (Å²) in [6.45, 7) is 0. The molecule has 6 nitrogen and oxygen atoms in total. The molecule has 2 aromatic heterocycles. The van der Waals surface area contributed by atoms with Gasteiger partial charge in [0.1, 0.15) is 5.69 Å². The molecule has 0 fully saturated rings. The monoisotopic (exact) mass is 354 g/mol. The third-order valence-electron chi connectivity index (χ3n) is 5.25. The van der Waals surface area contributed by atoms with Gasteiger partial charge in [0.25, 0.3) is 0 Å². The van der Waals surface area contributed by atoms with E-state index in [1.165, 1.54) is 11.1 Å². The summed E-state index contributed by atoms with van der Waals surface area (Å²) in [4.78, 5) is 0. The zero-order valence-corrected chi connectivity index (χ0v) is 14.7. The van der Waals surface area contributed by atoms with E-state index in [4.69, 9.17) is 5.26 Å². The minimum Gasteiger partial charge on any atom is -0.378 e. The van der Waals surface area contributed by atoms with Crippen LogP contribution in [0.5, 0.6) is 0 Å². The number of hydrogen-bond acceptors (Lipinski definition) is 4. The fourth-order valence-corrected chi connectivity index (χ4v) is 3.93. The zero-order valence-electron chi connectivity index (χ0n) is 14.7. The number of nitrogens with zero attached hydrogens (tertiary/aromatic N) is 3. The first-order chi connectivity index (χ1) is 13.3. The first-order valence-electron chi connectivity index (χ1n) is 9.09. The van der Waals surface area contributed by atoms with Crippen LogP contribution in [0.2, 0.25) is 0 Å². The van der Waals surface area contributed by atoms with Crippen molar-refractivity contribution in [1.82, 2.24) is 20.4 Å². The summed E-state index contributed by atoms with van der Waals surface area (Å²) < 4.78 is 0. The highest BCUT2D eigenvalue weighted by Gasteiger charge is 2.21. The molecule has 1 atom stereocenters. The van der Waals surface area contributed by atoms with E-state index in [2.05, 4.69) is 50.0 Å². The van der Waals surface area contributed by atoms with E-state index in [0.717, 1.165) is 52.8 Å². The van der Waals surface area contributed by atoms with Gasteiger partial charge < -0.3 is 5.32 Å². The van der Waals surface area contributed by atoms with Gasteiger partial charge in [0.05, 0.1) is 28.9 Å². The molecule has 0 radical (unpaired) electrons. The highest BCUT2D eigenvalue weighted by molar-refractivity contribution is 5.94. The molecule has 3 N–H and O–H groups in total. The maximum Gasteiger partial charge on any atom is 0.118 e.